The lowest BCUT2D eigenvalue weighted by Crippen LogP contribution is -2.57. The van der Waals surface area contributed by atoms with Crippen molar-refractivity contribution in [2.24, 2.45) is 5.92 Å². The molecule has 2 aliphatic rings. The van der Waals surface area contributed by atoms with Crippen molar-refractivity contribution in [1.82, 2.24) is 10.6 Å². The molecule has 0 saturated carbocycles. The highest BCUT2D eigenvalue weighted by Crippen LogP contribution is 2.15. The molecule has 0 aromatic heterocycles. The molecule has 0 aromatic carbocycles. The Balaban J connectivity index is 2.25. The standard InChI is InChI=1S/C8H8N2O2/c11-7-5-3-1-2-4-6(5)9-8(12)10-7/h1-6H,(H2,9,10,11,12)/t5-,6+/m0/s1. The monoisotopic (exact) mass is 164 g/mol. The van der Waals surface area contributed by atoms with E-state index in [1.165, 1.54) is 0 Å². The second-order valence-electron chi connectivity index (χ2n) is 2.78. The summed E-state index contributed by atoms with van der Waals surface area (Å²) in [6, 6.07) is -0.586. The van der Waals surface area contributed by atoms with Crippen molar-refractivity contribution in [2.45, 2.75) is 6.04 Å². The van der Waals surface area contributed by atoms with Gasteiger partial charge in [0.2, 0.25) is 5.91 Å². The number of imide groups is 1. The first-order chi connectivity index (χ1) is 5.77. The number of allylic oxidation sites excluding steroid dienone is 2. The smallest absolute Gasteiger partial charge is 0.321 e. The fourth-order valence-corrected chi connectivity index (χ4v) is 1.38. The zero-order valence-electron chi connectivity index (χ0n) is 6.28. The number of hydrogen-bond acceptors (Lipinski definition) is 2. The van der Waals surface area contributed by atoms with Crippen LogP contribution in [0.3, 0.4) is 0 Å². The Hall–Kier alpha value is -1.58. The minimum Gasteiger partial charge on any atom is -0.330 e. The predicted octanol–water partition coefficient (Wildman–Crippen LogP) is -0.0634. The van der Waals surface area contributed by atoms with E-state index in [9.17, 15) is 9.59 Å². The zero-order valence-corrected chi connectivity index (χ0v) is 6.28. The van der Waals surface area contributed by atoms with Crippen LogP contribution in [-0.4, -0.2) is 18.0 Å². The highest BCUT2D eigenvalue weighted by molar-refractivity contribution is 5.99. The van der Waals surface area contributed by atoms with E-state index in [0.29, 0.717) is 0 Å². The van der Waals surface area contributed by atoms with Crippen LogP contribution in [-0.2, 0) is 4.79 Å². The Bertz CT molecular complexity index is 293. The molecule has 0 unspecified atom stereocenters. The van der Waals surface area contributed by atoms with Gasteiger partial charge < -0.3 is 5.32 Å². The van der Waals surface area contributed by atoms with Crippen LogP contribution in [0.25, 0.3) is 0 Å². The van der Waals surface area contributed by atoms with Gasteiger partial charge in [-0.05, 0) is 0 Å². The van der Waals surface area contributed by atoms with Crippen molar-refractivity contribution in [3.8, 4) is 0 Å². The van der Waals surface area contributed by atoms with E-state index in [1.807, 2.05) is 6.08 Å². The fraction of sp³-hybridized carbons (Fsp3) is 0.250. The van der Waals surface area contributed by atoms with Crippen LogP contribution in [0, 0.1) is 5.92 Å². The van der Waals surface area contributed by atoms with E-state index in [2.05, 4.69) is 10.6 Å². The van der Waals surface area contributed by atoms with Crippen LogP contribution in [0.15, 0.2) is 24.3 Å². The van der Waals surface area contributed by atoms with Gasteiger partial charge in [0.15, 0.2) is 0 Å². The third-order valence-electron chi connectivity index (χ3n) is 1.97. The topological polar surface area (TPSA) is 58.2 Å². The number of rotatable bonds is 0. The average molecular weight is 164 g/mol. The molecule has 0 radical (unpaired) electrons. The number of hydrogen-bond donors (Lipinski definition) is 2. The third-order valence-corrected chi connectivity index (χ3v) is 1.97. The Morgan fingerprint density at radius 1 is 1.17 bits per heavy atom. The van der Waals surface area contributed by atoms with Crippen molar-refractivity contribution in [3.05, 3.63) is 24.3 Å². The minimum atomic E-state index is -0.416. The molecular formula is C8H8N2O2. The number of amides is 3. The van der Waals surface area contributed by atoms with Crippen LogP contribution in [0.4, 0.5) is 4.79 Å². The van der Waals surface area contributed by atoms with Crippen LogP contribution in [0.5, 0.6) is 0 Å². The SMILES string of the molecule is O=C1NC(=O)[C@H]2C=CC=C[C@H]2N1. The van der Waals surface area contributed by atoms with E-state index < -0.39 is 6.03 Å². The Morgan fingerprint density at radius 3 is 2.75 bits per heavy atom. The summed E-state index contributed by atoms with van der Waals surface area (Å²) in [6.07, 6.45) is 7.21. The largest absolute Gasteiger partial charge is 0.330 e. The van der Waals surface area contributed by atoms with Crippen LogP contribution in [0.1, 0.15) is 0 Å². The Labute approximate surface area is 69.3 Å². The molecular weight excluding hydrogens is 156 g/mol. The highest BCUT2D eigenvalue weighted by Gasteiger charge is 2.32. The molecule has 2 atom stereocenters. The van der Waals surface area contributed by atoms with Gasteiger partial charge in [0.05, 0.1) is 12.0 Å². The van der Waals surface area contributed by atoms with Crippen LogP contribution < -0.4 is 10.6 Å². The summed E-state index contributed by atoms with van der Waals surface area (Å²) in [4.78, 5) is 22.0. The van der Waals surface area contributed by atoms with E-state index in [4.69, 9.17) is 0 Å². The third kappa shape index (κ3) is 1.01. The molecule has 3 amide bonds. The van der Waals surface area contributed by atoms with Crippen LogP contribution in [0.2, 0.25) is 0 Å². The molecule has 1 aliphatic heterocycles. The van der Waals surface area contributed by atoms with Gasteiger partial charge in [-0.1, -0.05) is 24.3 Å². The second kappa shape index (κ2) is 2.48. The van der Waals surface area contributed by atoms with E-state index in [0.717, 1.165) is 0 Å². The normalized spacial score (nSPS) is 32.3. The first kappa shape index (κ1) is 7.09. The minimum absolute atomic E-state index is 0.170. The van der Waals surface area contributed by atoms with Gasteiger partial charge in [-0.25, -0.2) is 4.79 Å². The number of carbonyl (C=O) groups excluding carboxylic acids is 2. The van der Waals surface area contributed by atoms with Gasteiger partial charge in [-0.15, -0.1) is 0 Å². The van der Waals surface area contributed by atoms with Crippen molar-refractivity contribution in [3.63, 3.8) is 0 Å². The maximum absolute atomic E-state index is 11.2. The summed E-state index contributed by atoms with van der Waals surface area (Å²) in [5, 5.41) is 4.84. The molecule has 1 saturated heterocycles. The van der Waals surface area contributed by atoms with Crippen molar-refractivity contribution in [1.29, 1.82) is 0 Å². The molecule has 2 rings (SSSR count). The van der Waals surface area contributed by atoms with Gasteiger partial charge >= 0.3 is 6.03 Å². The lowest BCUT2D eigenvalue weighted by Gasteiger charge is -2.28. The number of nitrogens with one attached hydrogen (secondary N) is 2. The zero-order chi connectivity index (χ0) is 8.55. The molecule has 0 spiro atoms. The molecule has 1 heterocycles. The molecule has 1 fully saturated rings. The lowest BCUT2D eigenvalue weighted by molar-refractivity contribution is -0.123. The summed E-state index contributed by atoms with van der Waals surface area (Å²) >= 11 is 0. The van der Waals surface area contributed by atoms with E-state index in [-0.39, 0.29) is 17.9 Å². The summed E-state index contributed by atoms with van der Waals surface area (Å²) in [7, 11) is 0. The molecule has 62 valence electrons. The van der Waals surface area contributed by atoms with E-state index >= 15 is 0 Å². The Morgan fingerprint density at radius 2 is 1.92 bits per heavy atom. The number of carbonyl (C=O) groups is 2. The summed E-state index contributed by atoms with van der Waals surface area (Å²) in [5.74, 6) is -0.475. The first-order valence-electron chi connectivity index (χ1n) is 3.74. The van der Waals surface area contributed by atoms with Crippen molar-refractivity contribution >= 4 is 11.9 Å². The molecule has 4 heteroatoms. The van der Waals surface area contributed by atoms with Crippen LogP contribution >= 0.6 is 0 Å². The van der Waals surface area contributed by atoms with Gasteiger partial charge in [-0.2, -0.15) is 0 Å². The summed E-state index contributed by atoms with van der Waals surface area (Å²) in [6.45, 7) is 0. The summed E-state index contributed by atoms with van der Waals surface area (Å²) < 4.78 is 0. The maximum Gasteiger partial charge on any atom is 0.321 e. The number of urea groups is 1. The lowest BCUT2D eigenvalue weighted by atomic mass is 9.93. The number of fused-ring (bicyclic) bond motifs is 1. The van der Waals surface area contributed by atoms with Crippen molar-refractivity contribution < 1.29 is 9.59 Å². The van der Waals surface area contributed by atoms with E-state index in [1.54, 1.807) is 18.2 Å². The molecule has 2 N–H and O–H groups in total. The van der Waals surface area contributed by atoms with Gasteiger partial charge in [0.25, 0.3) is 0 Å². The predicted molar refractivity (Wildman–Crippen MR) is 42.2 cm³/mol. The first-order valence-corrected chi connectivity index (χ1v) is 3.74. The summed E-state index contributed by atoms with van der Waals surface area (Å²) in [5.41, 5.74) is 0. The highest BCUT2D eigenvalue weighted by atomic mass is 16.2. The van der Waals surface area contributed by atoms with Gasteiger partial charge in [-0.3, -0.25) is 10.1 Å². The average Bonchev–Trinajstić information content (AvgIpc) is 2.04. The fourth-order valence-electron chi connectivity index (χ4n) is 1.38. The van der Waals surface area contributed by atoms with Gasteiger partial charge in [0, 0.05) is 0 Å². The second-order valence-corrected chi connectivity index (χ2v) is 2.78. The maximum atomic E-state index is 11.2. The quantitative estimate of drug-likeness (QED) is 0.526. The molecule has 4 nitrogen and oxygen atoms in total. The van der Waals surface area contributed by atoms with Crippen molar-refractivity contribution in [2.75, 3.05) is 0 Å². The Kier molecular flexibility index (Phi) is 1.46. The molecule has 0 aromatic rings. The van der Waals surface area contributed by atoms with Gasteiger partial charge in [0.1, 0.15) is 0 Å². The molecule has 0 bridgehead atoms. The molecule has 12 heavy (non-hydrogen) atoms. The molecule has 1 aliphatic carbocycles.